The van der Waals surface area contributed by atoms with E-state index in [4.69, 9.17) is 4.74 Å². The van der Waals surface area contributed by atoms with E-state index < -0.39 is 10.0 Å². The highest BCUT2D eigenvalue weighted by atomic mass is 32.2. The summed E-state index contributed by atoms with van der Waals surface area (Å²) in [6.45, 7) is 4.28. The smallest absolute Gasteiger partial charge is 0.261 e. The van der Waals surface area contributed by atoms with E-state index in [-0.39, 0.29) is 10.9 Å². The Labute approximate surface area is 113 Å². The Morgan fingerprint density at radius 1 is 1.53 bits per heavy atom. The van der Waals surface area contributed by atoms with Gasteiger partial charge in [0.1, 0.15) is 0 Å². The van der Waals surface area contributed by atoms with E-state index in [0.717, 1.165) is 12.8 Å². The van der Waals surface area contributed by atoms with Crippen molar-refractivity contribution in [2.75, 3.05) is 26.3 Å². The highest BCUT2D eigenvalue weighted by Gasteiger charge is 2.32. The Morgan fingerprint density at radius 3 is 2.95 bits per heavy atom. The molecule has 7 nitrogen and oxygen atoms in total. The van der Waals surface area contributed by atoms with Crippen LogP contribution < -0.4 is 0 Å². The van der Waals surface area contributed by atoms with Crippen LogP contribution in [-0.2, 0) is 21.8 Å². The summed E-state index contributed by atoms with van der Waals surface area (Å²) in [5.74, 6) is 0.268. The van der Waals surface area contributed by atoms with Gasteiger partial charge in [-0.1, -0.05) is 5.21 Å². The van der Waals surface area contributed by atoms with Crippen molar-refractivity contribution in [2.45, 2.75) is 24.8 Å². The summed E-state index contributed by atoms with van der Waals surface area (Å²) in [5, 5.41) is 7.46. The van der Waals surface area contributed by atoms with Crippen LogP contribution in [0, 0.1) is 5.92 Å². The van der Waals surface area contributed by atoms with Gasteiger partial charge in [-0.05, 0) is 25.7 Å². The normalized spacial score (nSPS) is 21.7. The minimum atomic E-state index is -3.49. The van der Waals surface area contributed by atoms with Crippen molar-refractivity contribution < 1.29 is 13.2 Å². The summed E-state index contributed by atoms with van der Waals surface area (Å²) in [4.78, 5) is 0. The van der Waals surface area contributed by atoms with Gasteiger partial charge >= 0.3 is 0 Å². The van der Waals surface area contributed by atoms with Crippen LogP contribution in [0.3, 0.4) is 0 Å². The molecule has 2 rings (SSSR count). The van der Waals surface area contributed by atoms with Gasteiger partial charge in [-0.15, -0.1) is 5.10 Å². The third kappa shape index (κ3) is 3.13. The van der Waals surface area contributed by atoms with Gasteiger partial charge < -0.3 is 4.74 Å². The predicted molar refractivity (Wildman–Crippen MR) is 69.0 cm³/mol. The molecular weight excluding hydrogens is 268 g/mol. The van der Waals surface area contributed by atoms with Crippen molar-refractivity contribution in [2.24, 2.45) is 13.0 Å². The molecule has 0 spiro atoms. The number of aryl methyl sites for hydroxylation is 1. The van der Waals surface area contributed by atoms with Crippen molar-refractivity contribution in [3.05, 3.63) is 6.20 Å². The summed E-state index contributed by atoms with van der Waals surface area (Å²) < 4.78 is 33.1. The van der Waals surface area contributed by atoms with Gasteiger partial charge in [-0.25, -0.2) is 13.1 Å². The van der Waals surface area contributed by atoms with Crippen LogP contribution in [-0.4, -0.2) is 54.0 Å². The minimum Gasteiger partial charge on any atom is -0.381 e. The van der Waals surface area contributed by atoms with Crippen LogP contribution in [0.1, 0.15) is 19.8 Å². The molecule has 0 amide bonds. The van der Waals surface area contributed by atoms with Crippen molar-refractivity contribution in [3.63, 3.8) is 0 Å². The monoisotopic (exact) mass is 288 g/mol. The minimum absolute atomic E-state index is 0.143. The molecule has 1 aliphatic heterocycles. The average Bonchev–Trinajstić information content (AvgIpc) is 2.84. The predicted octanol–water partition coefficient (Wildman–Crippen LogP) is 0.252. The third-order valence-corrected chi connectivity index (χ3v) is 5.23. The van der Waals surface area contributed by atoms with Gasteiger partial charge in [0.25, 0.3) is 10.0 Å². The lowest BCUT2D eigenvalue weighted by Gasteiger charge is -2.31. The van der Waals surface area contributed by atoms with E-state index in [9.17, 15) is 8.42 Å². The molecule has 0 aliphatic carbocycles. The Hall–Kier alpha value is -0.990. The highest BCUT2D eigenvalue weighted by molar-refractivity contribution is 7.89. The summed E-state index contributed by atoms with van der Waals surface area (Å²) in [6.07, 6.45) is 3.17. The van der Waals surface area contributed by atoms with Crippen LogP contribution in [0.5, 0.6) is 0 Å². The zero-order chi connectivity index (χ0) is 13.9. The fourth-order valence-electron chi connectivity index (χ4n) is 2.31. The first-order valence-electron chi connectivity index (χ1n) is 6.48. The Kier molecular flexibility index (Phi) is 4.54. The van der Waals surface area contributed by atoms with Gasteiger partial charge in [0.15, 0.2) is 5.03 Å². The van der Waals surface area contributed by atoms with Crippen molar-refractivity contribution in [3.8, 4) is 0 Å². The molecule has 1 aromatic heterocycles. The molecule has 8 heteroatoms. The van der Waals surface area contributed by atoms with Gasteiger partial charge in [0, 0.05) is 26.7 Å². The lowest BCUT2D eigenvalue weighted by atomic mass is 10.0. The fourth-order valence-corrected chi connectivity index (χ4v) is 3.90. The number of nitrogens with zero attached hydrogens (tertiary/aromatic N) is 4. The van der Waals surface area contributed by atoms with E-state index >= 15 is 0 Å². The fraction of sp³-hybridized carbons (Fsp3) is 0.818. The Balaban J connectivity index is 2.10. The number of ether oxygens (including phenoxy) is 1. The topological polar surface area (TPSA) is 77.3 Å². The molecule has 0 saturated carbocycles. The maximum atomic E-state index is 12.5. The zero-order valence-corrected chi connectivity index (χ0v) is 12.1. The Morgan fingerprint density at radius 2 is 2.32 bits per heavy atom. The first-order chi connectivity index (χ1) is 9.05. The number of sulfonamides is 1. The number of aromatic nitrogens is 3. The maximum absolute atomic E-state index is 12.5. The second-order valence-corrected chi connectivity index (χ2v) is 6.61. The molecule has 0 bridgehead atoms. The maximum Gasteiger partial charge on any atom is 0.261 e. The SMILES string of the molecule is CCOCC1CCCN(S(=O)(=O)c2cnnn2C)C1. The van der Waals surface area contributed by atoms with E-state index in [1.165, 1.54) is 15.2 Å². The first kappa shape index (κ1) is 14.4. The third-order valence-electron chi connectivity index (χ3n) is 3.32. The average molecular weight is 288 g/mol. The summed E-state index contributed by atoms with van der Waals surface area (Å²) >= 11 is 0. The number of hydrogen-bond donors (Lipinski definition) is 0. The molecule has 108 valence electrons. The first-order valence-corrected chi connectivity index (χ1v) is 7.92. The van der Waals surface area contributed by atoms with Crippen LogP contribution >= 0.6 is 0 Å². The lowest BCUT2D eigenvalue weighted by Crippen LogP contribution is -2.41. The van der Waals surface area contributed by atoms with Gasteiger partial charge in [-0.3, -0.25) is 0 Å². The number of piperidine rings is 1. The van der Waals surface area contributed by atoms with Crippen molar-refractivity contribution in [1.82, 2.24) is 19.3 Å². The molecule has 1 atom stereocenters. The molecule has 0 N–H and O–H groups in total. The van der Waals surface area contributed by atoms with Crippen LogP contribution in [0.2, 0.25) is 0 Å². The lowest BCUT2D eigenvalue weighted by molar-refractivity contribution is 0.0863. The van der Waals surface area contributed by atoms with E-state index in [1.54, 1.807) is 7.05 Å². The molecule has 1 saturated heterocycles. The van der Waals surface area contributed by atoms with Crippen LogP contribution in [0.4, 0.5) is 0 Å². The highest BCUT2D eigenvalue weighted by Crippen LogP contribution is 2.23. The molecule has 1 unspecified atom stereocenters. The standard InChI is InChI=1S/C11H20N4O3S/c1-3-18-9-10-5-4-6-15(8-10)19(16,17)11-7-12-13-14(11)2/h7,10H,3-6,8-9H2,1-2H3. The molecule has 0 radical (unpaired) electrons. The van der Waals surface area contributed by atoms with Crippen LogP contribution in [0.15, 0.2) is 11.2 Å². The van der Waals surface area contributed by atoms with Crippen molar-refractivity contribution >= 4 is 10.0 Å². The summed E-state index contributed by atoms with van der Waals surface area (Å²) in [5.41, 5.74) is 0. The van der Waals surface area contributed by atoms with Gasteiger partial charge in [0.2, 0.25) is 0 Å². The van der Waals surface area contributed by atoms with Gasteiger partial charge in [-0.2, -0.15) is 4.31 Å². The van der Waals surface area contributed by atoms with E-state index in [1.807, 2.05) is 6.92 Å². The molecule has 2 heterocycles. The molecule has 19 heavy (non-hydrogen) atoms. The number of hydrogen-bond acceptors (Lipinski definition) is 5. The summed E-state index contributed by atoms with van der Waals surface area (Å²) in [7, 11) is -1.91. The second kappa shape index (κ2) is 5.98. The molecule has 0 aromatic carbocycles. The largest absolute Gasteiger partial charge is 0.381 e. The molecular formula is C11H20N4O3S. The quantitative estimate of drug-likeness (QED) is 0.776. The van der Waals surface area contributed by atoms with Gasteiger partial charge in [0.05, 0.1) is 12.8 Å². The second-order valence-electron chi connectivity index (χ2n) is 4.73. The Bertz CT molecular complexity index is 514. The van der Waals surface area contributed by atoms with E-state index in [0.29, 0.717) is 26.3 Å². The molecule has 1 aliphatic rings. The van der Waals surface area contributed by atoms with Crippen LogP contribution in [0.25, 0.3) is 0 Å². The molecule has 1 fully saturated rings. The van der Waals surface area contributed by atoms with E-state index in [2.05, 4.69) is 10.3 Å². The molecule has 1 aromatic rings. The number of rotatable bonds is 5. The summed E-state index contributed by atoms with van der Waals surface area (Å²) in [6, 6.07) is 0. The van der Waals surface area contributed by atoms with Crippen molar-refractivity contribution in [1.29, 1.82) is 0 Å². The zero-order valence-electron chi connectivity index (χ0n) is 11.3.